The summed E-state index contributed by atoms with van der Waals surface area (Å²) in [6, 6.07) is 0.797. The lowest BCUT2D eigenvalue weighted by Crippen LogP contribution is -2.37. The predicted molar refractivity (Wildman–Crippen MR) is 78.8 cm³/mol. The van der Waals surface area contributed by atoms with Crippen molar-refractivity contribution in [2.45, 2.75) is 83.2 Å². The Bertz CT molecular complexity index is 280. The molecule has 0 radical (unpaired) electrons. The van der Waals surface area contributed by atoms with Crippen LogP contribution >= 0.6 is 0 Å². The Balaban J connectivity index is 1.76. The zero-order chi connectivity index (χ0) is 13.7. The van der Waals surface area contributed by atoms with E-state index < -0.39 is 0 Å². The quantitative estimate of drug-likeness (QED) is 0.769. The van der Waals surface area contributed by atoms with Crippen molar-refractivity contribution in [1.29, 1.82) is 0 Å². The van der Waals surface area contributed by atoms with E-state index in [9.17, 15) is 4.79 Å². The van der Waals surface area contributed by atoms with E-state index in [0.29, 0.717) is 18.4 Å². The second-order valence-corrected chi connectivity index (χ2v) is 6.65. The first-order valence-corrected chi connectivity index (χ1v) is 8.22. The van der Waals surface area contributed by atoms with E-state index in [0.717, 1.165) is 25.3 Å². The molecular weight excluding hydrogens is 236 g/mol. The lowest BCUT2D eigenvalue weighted by molar-refractivity contribution is -0.132. The molecule has 0 aromatic carbocycles. The summed E-state index contributed by atoms with van der Waals surface area (Å²) in [7, 11) is 0. The van der Waals surface area contributed by atoms with Crippen LogP contribution in [0.4, 0.5) is 0 Å². The molecule has 2 saturated carbocycles. The van der Waals surface area contributed by atoms with Gasteiger partial charge in [0.1, 0.15) is 0 Å². The summed E-state index contributed by atoms with van der Waals surface area (Å²) in [5.41, 5.74) is 5.75. The molecule has 0 aromatic heterocycles. The van der Waals surface area contributed by atoms with Crippen LogP contribution in [0.25, 0.3) is 0 Å². The van der Waals surface area contributed by atoms with E-state index in [1.165, 1.54) is 44.9 Å². The molecule has 1 amide bonds. The minimum Gasteiger partial charge on any atom is -0.339 e. The monoisotopic (exact) mass is 266 g/mol. The van der Waals surface area contributed by atoms with Gasteiger partial charge >= 0.3 is 0 Å². The largest absolute Gasteiger partial charge is 0.339 e. The van der Waals surface area contributed by atoms with Crippen molar-refractivity contribution in [3.05, 3.63) is 0 Å². The fraction of sp³-hybridized carbons (Fsp3) is 0.938. The lowest BCUT2D eigenvalue weighted by atomic mass is 9.89. The number of carbonyl (C=O) groups is 1. The normalized spacial score (nSPS) is 22.2. The fourth-order valence-corrected chi connectivity index (χ4v) is 3.21. The predicted octanol–water partition coefficient (Wildman–Crippen LogP) is 3.08. The minimum absolute atomic E-state index is 0.223. The summed E-state index contributed by atoms with van der Waals surface area (Å²) in [5, 5.41) is 0. The van der Waals surface area contributed by atoms with Crippen LogP contribution in [0.5, 0.6) is 0 Å². The van der Waals surface area contributed by atoms with Gasteiger partial charge in [0.15, 0.2) is 0 Å². The Hall–Kier alpha value is -0.570. The molecule has 2 fully saturated rings. The molecule has 3 nitrogen and oxygen atoms in total. The summed E-state index contributed by atoms with van der Waals surface area (Å²) in [4.78, 5) is 14.6. The molecule has 2 rings (SSSR count). The van der Waals surface area contributed by atoms with Crippen LogP contribution in [-0.2, 0) is 4.79 Å². The molecule has 0 saturated heterocycles. The number of hydrogen-bond acceptors (Lipinski definition) is 2. The number of rotatable bonds is 7. The first kappa shape index (κ1) is 14.8. The molecule has 2 N–H and O–H groups in total. The smallest absolute Gasteiger partial charge is 0.222 e. The molecule has 110 valence electrons. The SMILES string of the molecule is CC(N)CCCC(=O)N(CC1CCCCC1)C1CC1. The van der Waals surface area contributed by atoms with Gasteiger partial charge in [0.25, 0.3) is 0 Å². The van der Waals surface area contributed by atoms with E-state index in [-0.39, 0.29) is 6.04 Å². The van der Waals surface area contributed by atoms with Crippen molar-refractivity contribution >= 4 is 5.91 Å². The van der Waals surface area contributed by atoms with Crippen LogP contribution < -0.4 is 5.73 Å². The topological polar surface area (TPSA) is 46.3 Å². The molecular formula is C16H30N2O. The Kier molecular flexibility index (Phi) is 5.68. The van der Waals surface area contributed by atoms with Gasteiger partial charge in [-0.2, -0.15) is 0 Å². The summed E-state index contributed by atoms with van der Waals surface area (Å²) in [6.45, 7) is 3.05. The third-order valence-corrected chi connectivity index (χ3v) is 4.54. The zero-order valence-electron chi connectivity index (χ0n) is 12.4. The van der Waals surface area contributed by atoms with E-state index in [2.05, 4.69) is 4.90 Å². The number of carbonyl (C=O) groups excluding carboxylic acids is 1. The molecule has 0 aliphatic heterocycles. The summed E-state index contributed by atoms with van der Waals surface area (Å²) in [5.74, 6) is 1.15. The maximum atomic E-state index is 12.4. The van der Waals surface area contributed by atoms with Gasteiger partial charge in [-0.3, -0.25) is 4.79 Å². The highest BCUT2D eigenvalue weighted by Gasteiger charge is 2.33. The van der Waals surface area contributed by atoms with Gasteiger partial charge in [-0.1, -0.05) is 19.3 Å². The lowest BCUT2D eigenvalue weighted by Gasteiger charge is -2.30. The third-order valence-electron chi connectivity index (χ3n) is 4.54. The van der Waals surface area contributed by atoms with Crippen LogP contribution in [0.1, 0.15) is 71.1 Å². The molecule has 0 bridgehead atoms. The Morgan fingerprint density at radius 1 is 1.21 bits per heavy atom. The van der Waals surface area contributed by atoms with E-state index in [1.54, 1.807) is 0 Å². The molecule has 0 heterocycles. The Morgan fingerprint density at radius 3 is 2.47 bits per heavy atom. The second kappa shape index (κ2) is 7.28. The van der Waals surface area contributed by atoms with Gasteiger partial charge in [0, 0.05) is 25.0 Å². The molecule has 1 unspecified atom stereocenters. The first-order chi connectivity index (χ1) is 9.16. The van der Waals surface area contributed by atoms with Gasteiger partial charge in [0.2, 0.25) is 5.91 Å². The highest BCUT2D eigenvalue weighted by molar-refractivity contribution is 5.76. The molecule has 0 spiro atoms. The summed E-state index contributed by atoms with van der Waals surface area (Å²) in [6.07, 6.45) is 11.8. The second-order valence-electron chi connectivity index (χ2n) is 6.65. The van der Waals surface area contributed by atoms with Gasteiger partial charge in [-0.15, -0.1) is 0 Å². The van der Waals surface area contributed by atoms with Crippen molar-refractivity contribution in [1.82, 2.24) is 4.90 Å². The van der Waals surface area contributed by atoms with E-state index in [1.807, 2.05) is 6.92 Å². The van der Waals surface area contributed by atoms with Gasteiger partial charge in [-0.25, -0.2) is 0 Å². The van der Waals surface area contributed by atoms with Crippen molar-refractivity contribution in [2.75, 3.05) is 6.54 Å². The van der Waals surface area contributed by atoms with Crippen LogP contribution in [0.2, 0.25) is 0 Å². The van der Waals surface area contributed by atoms with E-state index in [4.69, 9.17) is 5.73 Å². The van der Waals surface area contributed by atoms with Gasteiger partial charge in [0.05, 0.1) is 0 Å². The Labute approximate surface area is 117 Å². The summed E-state index contributed by atoms with van der Waals surface area (Å²) >= 11 is 0. The van der Waals surface area contributed by atoms with Crippen LogP contribution in [-0.4, -0.2) is 29.4 Å². The molecule has 19 heavy (non-hydrogen) atoms. The third kappa shape index (κ3) is 5.13. The standard InChI is InChI=1S/C16H30N2O/c1-13(17)6-5-9-16(19)18(15-10-11-15)12-14-7-3-2-4-8-14/h13-15H,2-12,17H2,1H3. The van der Waals surface area contributed by atoms with Gasteiger partial charge in [-0.05, 0) is 51.4 Å². The molecule has 3 heteroatoms. The highest BCUT2D eigenvalue weighted by atomic mass is 16.2. The van der Waals surface area contributed by atoms with E-state index >= 15 is 0 Å². The zero-order valence-corrected chi connectivity index (χ0v) is 12.4. The number of hydrogen-bond donors (Lipinski definition) is 1. The number of amides is 1. The molecule has 2 aliphatic rings. The Morgan fingerprint density at radius 2 is 1.89 bits per heavy atom. The number of nitrogens with zero attached hydrogens (tertiary/aromatic N) is 1. The molecule has 1 atom stereocenters. The summed E-state index contributed by atoms with van der Waals surface area (Å²) < 4.78 is 0. The first-order valence-electron chi connectivity index (χ1n) is 8.22. The molecule has 2 aliphatic carbocycles. The van der Waals surface area contributed by atoms with Crippen molar-refractivity contribution in [2.24, 2.45) is 11.7 Å². The van der Waals surface area contributed by atoms with Crippen molar-refractivity contribution < 1.29 is 4.79 Å². The van der Waals surface area contributed by atoms with Crippen molar-refractivity contribution in [3.63, 3.8) is 0 Å². The maximum Gasteiger partial charge on any atom is 0.222 e. The highest BCUT2D eigenvalue weighted by Crippen LogP contribution is 2.32. The number of nitrogens with two attached hydrogens (primary N) is 1. The van der Waals surface area contributed by atoms with Crippen molar-refractivity contribution in [3.8, 4) is 0 Å². The minimum atomic E-state index is 0.223. The molecule has 0 aromatic rings. The van der Waals surface area contributed by atoms with Crippen LogP contribution in [0.3, 0.4) is 0 Å². The van der Waals surface area contributed by atoms with Crippen LogP contribution in [0, 0.1) is 5.92 Å². The fourth-order valence-electron chi connectivity index (χ4n) is 3.21. The average molecular weight is 266 g/mol. The average Bonchev–Trinajstić information content (AvgIpc) is 3.21. The van der Waals surface area contributed by atoms with Crippen LogP contribution in [0.15, 0.2) is 0 Å². The van der Waals surface area contributed by atoms with Gasteiger partial charge < -0.3 is 10.6 Å². The maximum absolute atomic E-state index is 12.4.